The molecule has 1 N–H and O–H groups in total. The minimum atomic E-state index is -0.828. The predicted molar refractivity (Wildman–Crippen MR) is 74.7 cm³/mol. The second-order valence-corrected chi connectivity index (χ2v) is 4.41. The Morgan fingerprint density at radius 2 is 2.00 bits per heavy atom. The van der Waals surface area contributed by atoms with Gasteiger partial charge in [0, 0.05) is 18.2 Å². The van der Waals surface area contributed by atoms with Crippen LogP contribution in [0.15, 0.2) is 30.5 Å². The smallest absolute Gasteiger partial charge is 0.303 e. The van der Waals surface area contributed by atoms with Crippen molar-refractivity contribution >= 4 is 5.97 Å². The minimum absolute atomic E-state index is 0.0651. The van der Waals surface area contributed by atoms with Gasteiger partial charge in [-0.15, -0.1) is 0 Å². The third kappa shape index (κ3) is 3.32. The van der Waals surface area contributed by atoms with Crippen molar-refractivity contribution in [3.63, 3.8) is 0 Å². The number of hydrogen-bond acceptors (Lipinski definition) is 4. The molecule has 0 radical (unpaired) electrons. The van der Waals surface area contributed by atoms with Crippen LogP contribution in [0.2, 0.25) is 0 Å². The molecule has 0 unspecified atom stereocenters. The maximum absolute atomic E-state index is 10.7. The molecule has 2 aromatic rings. The SMILES string of the molecule is COc1ccc(-c2nc(C)ncc2CCC(=O)O)cc1. The summed E-state index contributed by atoms with van der Waals surface area (Å²) in [7, 11) is 1.61. The molecule has 0 saturated carbocycles. The van der Waals surface area contributed by atoms with Crippen LogP contribution in [0.4, 0.5) is 0 Å². The summed E-state index contributed by atoms with van der Waals surface area (Å²) in [6.45, 7) is 1.81. The fourth-order valence-corrected chi connectivity index (χ4v) is 1.92. The normalized spacial score (nSPS) is 10.3. The lowest BCUT2D eigenvalue weighted by Gasteiger charge is -2.09. The minimum Gasteiger partial charge on any atom is -0.497 e. The van der Waals surface area contributed by atoms with Crippen molar-refractivity contribution in [1.82, 2.24) is 9.97 Å². The zero-order valence-electron chi connectivity index (χ0n) is 11.5. The van der Waals surface area contributed by atoms with Gasteiger partial charge in [0.25, 0.3) is 0 Å². The molecule has 1 heterocycles. The predicted octanol–water partition coefficient (Wildman–Crippen LogP) is 2.48. The summed E-state index contributed by atoms with van der Waals surface area (Å²) in [6.07, 6.45) is 2.18. The second-order valence-electron chi connectivity index (χ2n) is 4.41. The summed E-state index contributed by atoms with van der Waals surface area (Å²) in [6, 6.07) is 7.53. The van der Waals surface area contributed by atoms with Gasteiger partial charge in [0.05, 0.1) is 12.8 Å². The van der Waals surface area contributed by atoms with E-state index in [0.717, 1.165) is 22.6 Å². The van der Waals surface area contributed by atoms with Crippen LogP contribution in [0.3, 0.4) is 0 Å². The monoisotopic (exact) mass is 272 g/mol. The van der Waals surface area contributed by atoms with Crippen LogP contribution in [0, 0.1) is 6.92 Å². The zero-order valence-corrected chi connectivity index (χ0v) is 11.5. The Hall–Kier alpha value is -2.43. The average molecular weight is 272 g/mol. The van der Waals surface area contributed by atoms with E-state index < -0.39 is 5.97 Å². The molecular weight excluding hydrogens is 256 g/mol. The van der Waals surface area contributed by atoms with Gasteiger partial charge in [-0.1, -0.05) is 0 Å². The van der Waals surface area contributed by atoms with Gasteiger partial charge < -0.3 is 9.84 Å². The Labute approximate surface area is 117 Å². The van der Waals surface area contributed by atoms with E-state index in [1.807, 2.05) is 31.2 Å². The van der Waals surface area contributed by atoms with Crippen LogP contribution in [0.25, 0.3) is 11.3 Å². The number of carboxylic acid groups (broad SMARTS) is 1. The van der Waals surface area contributed by atoms with E-state index in [9.17, 15) is 4.79 Å². The van der Waals surface area contributed by atoms with Crippen LogP contribution in [-0.2, 0) is 11.2 Å². The topological polar surface area (TPSA) is 72.3 Å². The van der Waals surface area contributed by atoms with Crippen molar-refractivity contribution in [2.45, 2.75) is 19.8 Å². The second kappa shape index (κ2) is 6.14. The van der Waals surface area contributed by atoms with Gasteiger partial charge in [-0.05, 0) is 43.2 Å². The summed E-state index contributed by atoms with van der Waals surface area (Å²) >= 11 is 0. The Morgan fingerprint density at radius 3 is 2.60 bits per heavy atom. The van der Waals surface area contributed by atoms with Gasteiger partial charge in [0.15, 0.2) is 0 Å². The average Bonchev–Trinajstić information content (AvgIpc) is 2.46. The van der Waals surface area contributed by atoms with Gasteiger partial charge in [-0.3, -0.25) is 4.79 Å². The lowest BCUT2D eigenvalue weighted by Crippen LogP contribution is -2.02. The molecule has 0 atom stereocenters. The van der Waals surface area contributed by atoms with Gasteiger partial charge >= 0.3 is 5.97 Å². The van der Waals surface area contributed by atoms with Gasteiger partial charge in [-0.2, -0.15) is 0 Å². The molecule has 0 bridgehead atoms. The first-order valence-electron chi connectivity index (χ1n) is 6.29. The number of benzene rings is 1. The first-order valence-corrected chi connectivity index (χ1v) is 6.29. The Balaban J connectivity index is 2.36. The highest BCUT2D eigenvalue weighted by Gasteiger charge is 2.10. The third-order valence-corrected chi connectivity index (χ3v) is 2.96. The number of hydrogen-bond donors (Lipinski definition) is 1. The number of nitrogens with zero attached hydrogens (tertiary/aromatic N) is 2. The highest BCUT2D eigenvalue weighted by atomic mass is 16.5. The van der Waals surface area contributed by atoms with Crippen molar-refractivity contribution in [2.75, 3.05) is 7.11 Å². The summed E-state index contributed by atoms with van der Waals surface area (Å²) in [5.41, 5.74) is 2.54. The number of ether oxygens (including phenoxy) is 1. The Bertz CT molecular complexity index is 609. The molecule has 1 aromatic heterocycles. The Kier molecular flexibility index (Phi) is 4.30. The number of aryl methyl sites for hydroxylation is 2. The molecule has 0 saturated heterocycles. The van der Waals surface area contributed by atoms with E-state index in [1.54, 1.807) is 13.3 Å². The first-order chi connectivity index (χ1) is 9.60. The fourth-order valence-electron chi connectivity index (χ4n) is 1.92. The van der Waals surface area contributed by atoms with Crippen LogP contribution >= 0.6 is 0 Å². The number of carbonyl (C=O) groups is 1. The van der Waals surface area contributed by atoms with Crippen LogP contribution in [-0.4, -0.2) is 28.2 Å². The molecule has 2 rings (SSSR count). The van der Waals surface area contributed by atoms with Crippen LogP contribution < -0.4 is 4.74 Å². The molecule has 5 heteroatoms. The highest BCUT2D eigenvalue weighted by molar-refractivity contribution is 5.69. The highest BCUT2D eigenvalue weighted by Crippen LogP contribution is 2.24. The van der Waals surface area contributed by atoms with Gasteiger partial charge in [0.2, 0.25) is 0 Å². The van der Waals surface area contributed by atoms with E-state index in [1.165, 1.54) is 0 Å². The number of rotatable bonds is 5. The molecule has 0 amide bonds. The van der Waals surface area contributed by atoms with E-state index in [-0.39, 0.29) is 6.42 Å². The largest absolute Gasteiger partial charge is 0.497 e. The standard InChI is InChI=1S/C15H16N2O3/c1-10-16-9-12(5-8-14(18)19)15(17-10)11-3-6-13(20-2)7-4-11/h3-4,6-7,9H,5,8H2,1-2H3,(H,18,19). The van der Waals surface area contributed by atoms with Gasteiger partial charge in [0.1, 0.15) is 11.6 Å². The van der Waals surface area contributed by atoms with Crippen molar-refractivity contribution in [2.24, 2.45) is 0 Å². The molecule has 5 nitrogen and oxygen atoms in total. The molecule has 0 aliphatic rings. The lowest BCUT2D eigenvalue weighted by atomic mass is 10.0. The van der Waals surface area contributed by atoms with Crippen LogP contribution in [0.5, 0.6) is 5.75 Å². The molecule has 0 spiro atoms. The quantitative estimate of drug-likeness (QED) is 0.905. The summed E-state index contributed by atoms with van der Waals surface area (Å²) in [5.74, 6) is 0.604. The summed E-state index contributed by atoms with van der Waals surface area (Å²) < 4.78 is 5.13. The maximum Gasteiger partial charge on any atom is 0.303 e. The Morgan fingerprint density at radius 1 is 1.30 bits per heavy atom. The van der Waals surface area contributed by atoms with E-state index >= 15 is 0 Å². The fraction of sp³-hybridized carbons (Fsp3) is 0.267. The molecular formula is C15H16N2O3. The van der Waals surface area contributed by atoms with Crippen molar-refractivity contribution in [1.29, 1.82) is 0 Å². The van der Waals surface area contributed by atoms with E-state index in [2.05, 4.69) is 9.97 Å². The van der Waals surface area contributed by atoms with Crippen molar-refractivity contribution in [3.8, 4) is 17.0 Å². The third-order valence-electron chi connectivity index (χ3n) is 2.96. The lowest BCUT2D eigenvalue weighted by molar-refractivity contribution is -0.136. The maximum atomic E-state index is 10.7. The molecule has 1 aromatic carbocycles. The zero-order chi connectivity index (χ0) is 14.5. The summed E-state index contributed by atoms with van der Waals surface area (Å²) in [5, 5.41) is 8.80. The molecule has 0 fully saturated rings. The number of methoxy groups -OCH3 is 1. The molecule has 104 valence electrons. The number of aromatic nitrogens is 2. The van der Waals surface area contributed by atoms with Gasteiger partial charge in [-0.25, -0.2) is 9.97 Å². The van der Waals surface area contributed by atoms with E-state index in [4.69, 9.17) is 9.84 Å². The first kappa shape index (κ1) is 14.0. The van der Waals surface area contributed by atoms with Crippen molar-refractivity contribution in [3.05, 3.63) is 41.9 Å². The summed E-state index contributed by atoms with van der Waals surface area (Å²) in [4.78, 5) is 19.3. The van der Waals surface area contributed by atoms with E-state index in [0.29, 0.717) is 12.2 Å². The number of aliphatic carboxylic acids is 1. The molecule has 0 aliphatic carbocycles. The van der Waals surface area contributed by atoms with Crippen LogP contribution in [0.1, 0.15) is 17.8 Å². The van der Waals surface area contributed by atoms with Crippen molar-refractivity contribution < 1.29 is 14.6 Å². The molecule has 20 heavy (non-hydrogen) atoms. The number of carboxylic acids is 1. The molecule has 0 aliphatic heterocycles.